The maximum Gasteiger partial charge on any atom is 0.261 e. The van der Waals surface area contributed by atoms with Crippen molar-refractivity contribution in [2.75, 3.05) is 0 Å². The van der Waals surface area contributed by atoms with Crippen molar-refractivity contribution in [3.8, 4) is 0 Å². The first-order chi connectivity index (χ1) is 9.83. The van der Waals surface area contributed by atoms with Crippen LogP contribution in [0.25, 0.3) is 0 Å². The van der Waals surface area contributed by atoms with Gasteiger partial charge in [-0.15, -0.1) is 0 Å². The molecule has 3 heteroatoms. The normalized spacial score (nSPS) is 15.9. The molecule has 0 spiro atoms. The van der Waals surface area contributed by atoms with Crippen molar-refractivity contribution in [3.05, 3.63) is 60.2 Å². The van der Waals surface area contributed by atoms with E-state index >= 15 is 0 Å². The number of carbonyl (C=O) groups is 1. The quantitative estimate of drug-likeness (QED) is 0.669. The number of hydrogen-bond acceptors (Lipinski definition) is 1. The lowest BCUT2D eigenvalue weighted by atomic mass is 10.0. The van der Waals surface area contributed by atoms with Crippen molar-refractivity contribution in [3.63, 3.8) is 0 Å². The number of aryl methyl sites for hydroxylation is 1. The fourth-order valence-corrected chi connectivity index (χ4v) is 2.75. The standard InChI is InChI=1S/C17H20N2O/c20-17-10-3-1-2-7-15-8-6-11-18(14-15)19-12-5-4-9-16(19)13-17/h4-6,8-9,11-12,14H,1-3,7,10,13H2/q+2. The minimum atomic E-state index is 0.335. The van der Waals surface area contributed by atoms with E-state index in [9.17, 15) is 4.79 Å². The van der Waals surface area contributed by atoms with E-state index < -0.39 is 0 Å². The van der Waals surface area contributed by atoms with Crippen LogP contribution >= 0.6 is 0 Å². The van der Waals surface area contributed by atoms with Crippen LogP contribution in [0.4, 0.5) is 0 Å². The molecule has 102 valence electrons. The lowest BCUT2D eigenvalue weighted by Crippen LogP contribution is -2.68. The molecule has 0 radical (unpaired) electrons. The highest BCUT2D eigenvalue weighted by molar-refractivity contribution is 5.80. The molecule has 3 heterocycles. The molecule has 0 saturated carbocycles. The zero-order valence-electron chi connectivity index (χ0n) is 11.7. The first-order valence-electron chi connectivity index (χ1n) is 7.35. The van der Waals surface area contributed by atoms with Gasteiger partial charge in [-0.25, -0.2) is 0 Å². The summed E-state index contributed by atoms with van der Waals surface area (Å²) >= 11 is 0. The second-order valence-electron chi connectivity index (χ2n) is 5.40. The van der Waals surface area contributed by atoms with Crippen molar-refractivity contribution >= 4 is 5.78 Å². The number of carbonyl (C=O) groups excluding carboxylic acids is 1. The van der Waals surface area contributed by atoms with Gasteiger partial charge < -0.3 is 0 Å². The number of Topliss-reactive ketones (excluding diaryl/α,β-unsaturated/α-hetero) is 1. The lowest BCUT2D eigenvalue weighted by molar-refractivity contribution is -1.30. The number of nitrogens with zero attached hydrogens (tertiary/aromatic N) is 2. The Morgan fingerprint density at radius 1 is 0.900 bits per heavy atom. The Labute approximate surface area is 119 Å². The molecule has 3 rings (SSSR count). The summed E-state index contributed by atoms with van der Waals surface area (Å²) in [4.78, 5) is 12.1. The average molecular weight is 268 g/mol. The topological polar surface area (TPSA) is 24.8 Å². The molecule has 2 bridgehead atoms. The van der Waals surface area contributed by atoms with Gasteiger partial charge in [0.2, 0.25) is 18.6 Å². The first kappa shape index (κ1) is 13.0. The van der Waals surface area contributed by atoms with E-state index in [4.69, 9.17) is 0 Å². The van der Waals surface area contributed by atoms with Gasteiger partial charge in [0.1, 0.15) is 5.78 Å². The van der Waals surface area contributed by atoms with Crippen LogP contribution in [0.3, 0.4) is 0 Å². The Balaban J connectivity index is 2.05. The highest BCUT2D eigenvalue weighted by atomic mass is 16.1. The molecule has 3 nitrogen and oxygen atoms in total. The SMILES string of the molecule is O=C1CCCCCc2ccc[n+](c2)-[n+]2ccccc2C1. The van der Waals surface area contributed by atoms with Crippen molar-refractivity contribution in [1.29, 1.82) is 0 Å². The Morgan fingerprint density at radius 2 is 1.80 bits per heavy atom. The van der Waals surface area contributed by atoms with Crippen molar-refractivity contribution < 1.29 is 14.1 Å². The summed E-state index contributed by atoms with van der Waals surface area (Å²) in [6, 6.07) is 10.3. The molecule has 0 amide bonds. The number of ketones is 1. The molecule has 0 fully saturated rings. The van der Waals surface area contributed by atoms with E-state index in [2.05, 4.69) is 27.7 Å². The van der Waals surface area contributed by atoms with Gasteiger partial charge in [-0.1, -0.05) is 6.42 Å². The summed E-state index contributed by atoms with van der Waals surface area (Å²) in [6.45, 7) is 0. The van der Waals surface area contributed by atoms with E-state index in [0.29, 0.717) is 18.6 Å². The van der Waals surface area contributed by atoms with Gasteiger partial charge in [0, 0.05) is 30.2 Å². The third kappa shape index (κ3) is 2.93. The molecule has 0 unspecified atom stereocenters. The number of aromatic nitrogens is 2. The van der Waals surface area contributed by atoms with Gasteiger partial charge in [0.25, 0.3) is 5.69 Å². The number of rotatable bonds is 0. The van der Waals surface area contributed by atoms with Gasteiger partial charge in [0.05, 0.1) is 15.8 Å². The molecule has 0 atom stereocenters. The predicted molar refractivity (Wildman–Crippen MR) is 75.0 cm³/mol. The maximum absolute atomic E-state index is 12.1. The molecule has 0 aromatic carbocycles. The van der Waals surface area contributed by atoms with Gasteiger partial charge in [-0.05, 0) is 31.4 Å². The van der Waals surface area contributed by atoms with Crippen molar-refractivity contribution in [2.24, 2.45) is 0 Å². The molecule has 0 aliphatic carbocycles. The van der Waals surface area contributed by atoms with Crippen LogP contribution in [-0.4, -0.2) is 5.78 Å². The third-order valence-corrected chi connectivity index (χ3v) is 3.82. The Bertz CT molecular complexity index is 622. The molecule has 0 N–H and O–H groups in total. The van der Waals surface area contributed by atoms with Gasteiger partial charge in [-0.3, -0.25) is 4.79 Å². The van der Waals surface area contributed by atoms with Crippen LogP contribution in [0.5, 0.6) is 0 Å². The molecule has 2 aromatic rings. The molecule has 1 aliphatic rings. The van der Waals surface area contributed by atoms with E-state index in [1.54, 1.807) is 0 Å². The summed E-state index contributed by atoms with van der Waals surface area (Å²) in [7, 11) is 0. The van der Waals surface area contributed by atoms with Gasteiger partial charge in [-0.2, -0.15) is 0 Å². The summed E-state index contributed by atoms with van der Waals surface area (Å²) in [5.74, 6) is 0.335. The Hall–Kier alpha value is -2.03. The fraction of sp³-hybridized carbons (Fsp3) is 0.353. The monoisotopic (exact) mass is 268 g/mol. The van der Waals surface area contributed by atoms with Crippen LogP contribution < -0.4 is 9.35 Å². The Kier molecular flexibility index (Phi) is 3.86. The second-order valence-corrected chi connectivity index (χ2v) is 5.40. The van der Waals surface area contributed by atoms with Crippen LogP contribution in [0.1, 0.15) is 36.9 Å². The molecule has 0 saturated heterocycles. The highest BCUT2D eigenvalue weighted by Crippen LogP contribution is 2.08. The van der Waals surface area contributed by atoms with Crippen LogP contribution in [0, 0.1) is 0 Å². The first-order valence-corrected chi connectivity index (χ1v) is 7.35. The van der Waals surface area contributed by atoms with Gasteiger partial charge in [0.15, 0.2) is 0 Å². The van der Waals surface area contributed by atoms with Crippen LogP contribution in [-0.2, 0) is 17.6 Å². The van der Waals surface area contributed by atoms with Crippen molar-refractivity contribution in [1.82, 2.24) is 0 Å². The number of pyridine rings is 2. The van der Waals surface area contributed by atoms with Crippen LogP contribution in [0.2, 0.25) is 0 Å². The largest absolute Gasteiger partial charge is 0.299 e. The third-order valence-electron chi connectivity index (χ3n) is 3.82. The molecular formula is C17H20N2O+2. The molecular weight excluding hydrogens is 248 g/mol. The zero-order valence-corrected chi connectivity index (χ0v) is 11.7. The summed E-state index contributed by atoms with van der Waals surface area (Å²) in [5.41, 5.74) is 2.39. The number of fused-ring (bicyclic) bond motifs is 4. The van der Waals surface area contributed by atoms with E-state index in [1.165, 1.54) is 5.56 Å². The van der Waals surface area contributed by atoms with E-state index in [-0.39, 0.29) is 0 Å². The summed E-state index contributed by atoms with van der Waals surface area (Å²) in [5, 5.41) is 0. The van der Waals surface area contributed by atoms with Crippen LogP contribution in [0.15, 0.2) is 48.9 Å². The highest BCUT2D eigenvalue weighted by Gasteiger charge is 2.22. The fourth-order valence-electron chi connectivity index (χ4n) is 2.75. The molecule has 20 heavy (non-hydrogen) atoms. The number of hydrogen-bond donors (Lipinski definition) is 0. The second kappa shape index (κ2) is 5.95. The molecule has 2 aromatic heterocycles. The minimum absolute atomic E-state index is 0.335. The zero-order chi connectivity index (χ0) is 13.8. The predicted octanol–water partition coefficient (Wildman–Crippen LogP) is 1.80. The maximum atomic E-state index is 12.1. The lowest BCUT2D eigenvalue weighted by Gasteiger charge is -2.03. The van der Waals surface area contributed by atoms with E-state index in [1.807, 2.05) is 30.6 Å². The average Bonchev–Trinajstić information content (AvgIpc) is 2.47. The smallest absolute Gasteiger partial charge is 0.261 e. The summed E-state index contributed by atoms with van der Waals surface area (Å²) < 4.78 is 4.13. The molecule has 1 aliphatic heterocycles. The van der Waals surface area contributed by atoms with Crippen molar-refractivity contribution in [2.45, 2.75) is 38.5 Å². The van der Waals surface area contributed by atoms with Gasteiger partial charge >= 0.3 is 0 Å². The minimum Gasteiger partial charge on any atom is -0.299 e. The summed E-state index contributed by atoms with van der Waals surface area (Å²) in [6.07, 6.45) is 11.8. The Morgan fingerprint density at radius 3 is 2.75 bits per heavy atom. The van der Waals surface area contributed by atoms with E-state index in [0.717, 1.165) is 31.4 Å².